The van der Waals surface area contributed by atoms with Crippen molar-refractivity contribution in [2.24, 2.45) is 11.0 Å². The monoisotopic (exact) mass is 475 g/mol. The van der Waals surface area contributed by atoms with E-state index >= 15 is 0 Å². The lowest BCUT2D eigenvalue weighted by atomic mass is 9.77. The first-order valence-corrected chi connectivity index (χ1v) is 10.5. The van der Waals surface area contributed by atoms with Crippen molar-refractivity contribution in [3.8, 4) is 5.75 Å². The van der Waals surface area contributed by atoms with Crippen LogP contribution in [0.25, 0.3) is 0 Å². The molecule has 1 fully saturated rings. The normalized spacial score (nSPS) is 22.2. The van der Waals surface area contributed by atoms with Crippen LogP contribution in [0.4, 0.5) is 0 Å². The van der Waals surface area contributed by atoms with Gasteiger partial charge < -0.3 is 9.84 Å². The van der Waals surface area contributed by atoms with Crippen LogP contribution in [0.15, 0.2) is 47.6 Å². The van der Waals surface area contributed by atoms with Gasteiger partial charge in [-0.05, 0) is 42.3 Å². The summed E-state index contributed by atoms with van der Waals surface area (Å²) in [6.45, 7) is 1.91. The van der Waals surface area contributed by atoms with E-state index in [4.69, 9.17) is 27.9 Å². The highest BCUT2D eigenvalue weighted by atomic mass is 35.5. The summed E-state index contributed by atoms with van der Waals surface area (Å²) in [6, 6.07) is 11.5. The molecular formula is C22H19Cl2N3O5. The number of amides is 2. The smallest absolute Gasteiger partial charge is 0.353 e. The molecule has 4 rings (SSSR count). The minimum atomic E-state index is -1.65. The van der Waals surface area contributed by atoms with Crippen molar-refractivity contribution in [2.75, 3.05) is 13.7 Å². The van der Waals surface area contributed by atoms with E-state index in [-0.39, 0.29) is 28.8 Å². The number of carboxylic acids is 1. The summed E-state index contributed by atoms with van der Waals surface area (Å²) in [5.41, 5.74) is -0.989. The van der Waals surface area contributed by atoms with Gasteiger partial charge in [0, 0.05) is 6.54 Å². The van der Waals surface area contributed by atoms with Crippen molar-refractivity contribution >= 4 is 46.7 Å². The van der Waals surface area contributed by atoms with Gasteiger partial charge in [-0.1, -0.05) is 41.4 Å². The Kier molecular flexibility index (Phi) is 5.60. The number of methoxy groups -OCH3 is 1. The molecule has 0 spiro atoms. The highest BCUT2D eigenvalue weighted by Crippen LogP contribution is 2.50. The molecule has 2 aliphatic rings. The number of imide groups is 1. The second-order valence-corrected chi connectivity index (χ2v) is 8.23. The van der Waals surface area contributed by atoms with E-state index in [0.29, 0.717) is 16.9 Å². The largest absolute Gasteiger partial charge is 0.497 e. The lowest BCUT2D eigenvalue weighted by Crippen LogP contribution is -2.50. The minimum absolute atomic E-state index is 0.0221. The summed E-state index contributed by atoms with van der Waals surface area (Å²) in [4.78, 5) is 40.4. The van der Waals surface area contributed by atoms with Crippen molar-refractivity contribution in [1.82, 2.24) is 9.91 Å². The number of aliphatic carboxylic acids is 1. The maximum absolute atomic E-state index is 13.9. The zero-order valence-corrected chi connectivity index (χ0v) is 18.7. The predicted octanol–water partition coefficient (Wildman–Crippen LogP) is 3.16. The standard InChI is InChI=1S/C22H19Cl2N3O5/c1-3-27-22(13-6-9-15(23)16(24)10-13)17(18(25-27)20(29)30)19(28)26(21(22)31)11-12-4-7-14(32-2)8-5-12/h4-10,17H,3,11H2,1-2H3,(H,29,30). The third-order valence-electron chi connectivity index (χ3n) is 5.79. The molecule has 8 nitrogen and oxygen atoms in total. The summed E-state index contributed by atoms with van der Waals surface area (Å²) in [5, 5.41) is 15.7. The number of carbonyl (C=O) groups is 3. The van der Waals surface area contributed by atoms with Gasteiger partial charge in [0.2, 0.25) is 5.91 Å². The Morgan fingerprint density at radius 1 is 1.16 bits per heavy atom. The second kappa shape index (κ2) is 8.11. The third kappa shape index (κ3) is 3.13. The molecule has 2 aromatic rings. The third-order valence-corrected chi connectivity index (χ3v) is 6.53. The molecule has 1 N–H and O–H groups in total. The average molecular weight is 476 g/mol. The molecule has 0 bridgehead atoms. The van der Waals surface area contributed by atoms with Gasteiger partial charge in [0.1, 0.15) is 11.7 Å². The van der Waals surface area contributed by atoms with Gasteiger partial charge in [0.15, 0.2) is 11.3 Å². The minimum Gasteiger partial charge on any atom is -0.497 e. The van der Waals surface area contributed by atoms with Crippen LogP contribution in [0.3, 0.4) is 0 Å². The van der Waals surface area contributed by atoms with Crippen molar-refractivity contribution in [1.29, 1.82) is 0 Å². The number of ether oxygens (including phenoxy) is 1. The molecule has 166 valence electrons. The Labute approximate surface area is 194 Å². The summed E-state index contributed by atoms with van der Waals surface area (Å²) in [7, 11) is 1.54. The quantitative estimate of drug-likeness (QED) is 0.644. The Bertz CT molecular complexity index is 1150. The number of hydrogen-bond donors (Lipinski definition) is 1. The fourth-order valence-electron chi connectivity index (χ4n) is 4.33. The SMILES string of the molecule is CCN1N=C(C(=O)O)C2C(=O)N(Cc3ccc(OC)cc3)C(=O)C21c1ccc(Cl)c(Cl)c1. The number of hydrogen-bond acceptors (Lipinski definition) is 6. The average Bonchev–Trinajstić information content (AvgIpc) is 3.24. The molecule has 2 aliphatic heterocycles. The van der Waals surface area contributed by atoms with Gasteiger partial charge in [-0.25, -0.2) is 4.79 Å². The summed E-state index contributed by atoms with van der Waals surface area (Å²) in [6.07, 6.45) is 0. The zero-order valence-electron chi connectivity index (χ0n) is 17.2. The van der Waals surface area contributed by atoms with E-state index in [9.17, 15) is 19.5 Å². The summed E-state index contributed by atoms with van der Waals surface area (Å²) < 4.78 is 5.15. The van der Waals surface area contributed by atoms with Crippen LogP contribution >= 0.6 is 23.2 Å². The van der Waals surface area contributed by atoms with Gasteiger partial charge in [0.25, 0.3) is 5.91 Å². The first kappa shape index (κ1) is 22.1. The topological polar surface area (TPSA) is 99.5 Å². The zero-order chi connectivity index (χ0) is 23.2. The van der Waals surface area contributed by atoms with Crippen LogP contribution in [0, 0.1) is 5.92 Å². The maximum Gasteiger partial charge on any atom is 0.353 e. The van der Waals surface area contributed by atoms with E-state index in [1.54, 1.807) is 37.3 Å². The molecule has 0 saturated carbocycles. The molecule has 2 heterocycles. The van der Waals surface area contributed by atoms with E-state index in [1.807, 2.05) is 0 Å². The summed E-state index contributed by atoms with van der Waals surface area (Å²) in [5.74, 6) is -3.24. The van der Waals surface area contributed by atoms with Gasteiger partial charge in [-0.2, -0.15) is 5.10 Å². The molecular weight excluding hydrogens is 457 g/mol. The highest BCUT2D eigenvalue weighted by molar-refractivity contribution is 6.44. The Morgan fingerprint density at radius 2 is 1.84 bits per heavy atom. The fourth-order valence-corrected chi connectivity index (χ4v) is 4.62. The lowest BCUT2D eigenvalue weighted by molar-refractivity contribution is -0.143. The molecule has 0 radical (unpaired) electrons. The van der Waals surface area contributed by atoms with Crippen molar-refractivity contribution in [2.45, 2.75) is 19.0 Å². The number of halogens is 2. The van der Waals surface area contributed by atoms with Gasteiger partial charge in [0.05, 0.1) is 23.7 Å². The van der Waals surface area contributed by atoms with Crippen molar-refractivity contribution in [3.63, 3.8) is 0 Å². The molecule has 2 unspecified atom stereocenters. The highest BCUT2D eigenvalue weighted by Gasteiger charge is 2.69. The lowest BCUT2D eigenvalue weighted by Gasteiger charge is -2.35. The molecule has 32 heavy (non-hydrogen) atoms. The molecule has 0 aromatic heterocycles. The predicted molar refractivity (Wildman–Crippen MR) is 118 cm³/mol. The van der Waals surface area contributed by atoms with Gasteiger partial charge in [-0.15, -0.1) is 0 Å². The van der Waals surface area contributed by atoms with Crippen LogP contribution in [0.2, 0.25) is 10.0 Å². The molecule has 2 atom stereocenters. The van der Waals surface area contributed by atoms with E-state index in [0.717, 1.165) is 4.90 Å². The Balaban J connectivity index is 1.85. The molecule has 0 aliphatic carbocycles. The van der Waals surface area contributed by atoms with Crippen LogP contribution in [0.1, 0.15) is 18.1 Å². The van der Waals surface area contributed by atoms with E-state index in [1.165, 1.54) is 24.3 Å². The first-order valence-electron chi connectivity index (χ1n) is 9.79. The number of carbonyl (C=O) groups excluding carboxylic acids is 2. The molecule has 2 aromatic carbocycles. The number of benzene rings is 2. The van der Waals surface area contributed by atoms with Crippen LogP contribution in [-0.4, -0.2) is 52.2 Å². The number of likely N-dealkylation sites (N-methyl/N-ethyl adjacent to an activating group) is 1. The number of rotatable bonds is 6. The first-order chi connectivity index (χ1) is 15.2. The van der Waals surface area contributed by atoms with Crippen molar-refractivity contribution < 1.29 is 24.2 Å². The fraction of sp³-hybridized carbons (Fsp3) is 0.273. The number of nitrogens with zero attached hydrogens (tertiary/aromatic N) is 3. The van der Waals surface area contributed by atoms with Crippen LogP contribution in [0.5, 0.6) is 5.75 Å². The Hall–Kier alpha value is -3.10. The van der Waals surface area contributed by atoms with E-state index in [2.05, 4.69) is 5.10 Å². The molecule has 10 heteroatoms. The van der Waals surface area contributed by atoms with Gasteiger partial charge in [-0.3, -0.25) is 19.5 Å². The van der Waals surface area contributed by atoms with E-state index < -0.39 is 29.2 Å². The van der Waals surface area contributed by atoms with Crippen LogP contribution in [-0.2, 0) is 26.5 Å². The maximum atomic E-state index is 13.9. The molecule has 2 amide bonds. The summed E-state index contributed by atoms with van der Waals surface area (Å²) >= 11 is 12.3. The number of likely N-dealkylation sites (tertiary alicyclic amines) is 1. The molecule has 1 saturated heterocycles. The second-order valence-electron chi connectivity index (χ2n) is 7.41. The van der Waals surface area contributed by atoms with Crippen LogP contribution < -0.4 is 4.74 Å². The number of hydrazone groups is 1. The number of carboxylic acid groups (broad SMARTS) is 1. The van der Waals surface area contributed by atoms with Crippen molar-refractivity contribution in [3.05, 3.63) is 63.6 Å². The van der Waals surface area contributed by atoms with Gasteiger partial charge >= 0.3 is 5.97 Å². The Morgan fingerprint density at radius 3 is 2.41 bits per heavy atom. The number of fused-ring (bicyclic) bond motifs is 1.